The average molecular weight is 350 g/mol. The van der Waals surface area contributed by atoms with Crippen LogP contribution in [0.4, 0.5) is 4.39 Å². The maximum Gasteiger partial charge on any atom is 0.127 e. The Morgan fingerprint density at radius 1 is 1.50 bits per heavy atom. The van der Waals surface area contributed by atoms with Crippen molar-refractivity contribution in [3.05, 3.63) is 34.1 Å². The van der Waals surface area contributed by atoms with E-state index in [-0.39, 0.29) is 11.2 Å². The molecule has 1 fully saturated rings. The van der Waals surface area contributed by atoms with Crippen LogP contribution in [-0.4, -0.2) is 4.83 Å². The molecule has 2 rings (SSSR count). The zero-order valence-electron chi connectivity index (χ0n) is 9.27. The Bertz CT molecular complexity index is 392. The summed E-state index contributed by atoms with van der Waals surface area (Å²) >= 11 is 6.94. The van der Waals surface area contributed by atoms with E-state index in [0.717, 1.165) is 22.9 Å². The summed E-state index contributed by atoms with van der Waals surface area (Å²) in [6.45, 7) is 2.26. The van der Waals surface area contributed by atoms with Crippen LogP contribution in [0.1, 0.15) is 31.7 Å². The van der Waals surface area contributed by atoms with Gasteiger partial charge in [-0.2, -0.15) is 0 Å². The van der Waals surface area contributed by atoms with Crippen molar-refractivity contribution in [3.8, 4) is 0 Å². The molecule has 0 amide bonds. The van der Waals surface area contributed by atoms with Crippen molar-refractivity contribution < 1.29 is 4.39 Å². The van der Waals surface area contributed by atoms with E-state index in [2.05, 4.69) is 38.8 Å². The maximum absolute atomic E-state index is 13.7. The van der Waals surface area contributed by atoms with E-state index < -0.39 is 0 Å². The lowest BCUT2D eigenvalue weighted by atomic mass is 9.82. The van der Waals surface area contributed by atoms with Gasteiger partial charge in [-0.25, -0.2) is 4.39 Å². The van der Waals surface area contributed by atoms with Gasteiger partial charge in [0.1, 0.15) is 5.82 Å². The van der Waals surface area contributed by atoms with Crippen LogP contribution < -0.4 is 0 Å². The summed E-state index contributed by atoms with van der Waals surface area (Å²) in [6, 6.07) is 5.37. The molecule has 0 heterocycles. The van der Waals surface area contributed by atoms with E-state index in [1.165, 1.54) is 12.8 Å². The van der Waals surface area contributed by atoms with Crippen molar-refractivity contribution in [2.24, 2.45) is 5.41 Å². The van der Waals surface area contributed by atoms with Crippen LogP contribution in [0.2, 0.25) is 0 Å². The number of hydrogen-bond acceptors (Lipinski definition) is 0. The minimum Gasteiger partial charge on any atom is -0.207 e. The van der Waals surface area contributed by atoms with E-state index in [1.807, 2.05) is 12.1 Å². The molecule has 1 aromatic carbocycles. The molecule has 3 heteroatoms. The first-order chi connectivity index (χ1) is 7.48. The van der Waals surface area contributed by atoms with Gasteiger partial charge in [0.25, 0.3) is 0 Å². The van der Waals surface area contributed by atoms with Crippen molar-refractivity contribution in [3.63, 3.8) is 0 Å². The maximum atomic E-state index is 13.7. The summed E-state index contributed by atoms with van der Waals surface area (Å²) in [4.78, 5) is 0.607. The fourth-order valence-corrected chi connectivity index (χ4v) is 3.87. The Kier molecular flexibility index (Phi) is 3.75. The minimum absolute atomic E-state index is 0.0892. The highest BCUT2D eigenvalue weighted by molar-refractivity contribution is 9.10. The summed E-state index contributed by atoms with van der Waals surface area (Å²) < 4.78 is 14.5. The molecule has 1 aliphatic carbocycles. The van der Waals surface area contributed by atoms with E-state index >= 15 is 0 Å². The van der Waals surface area contributed by atoms with Crippen LogP contribution in [0.5, 0.6) is 0 Å². The Hall–Kier alpha value is 0.110. The van der Waals surface area contributed by atoms with Gasteiger partial charge in [0, 0.05) is 9.30 Å². The third kappa shape index (κ3) is 2.86. The van der Waals surface area contributed by atoms with Gasteiger partial charge in [0.2, 0.25) is 0 Å². The van der Waals surface area contributed by atoms with Gasteiger partial charge >= 0.3 is 0 Å². The standard InChI is InChI=1S/C13H15Br2F/c1-13(5-4-11(15)8-13)7-9-2-3-10(14)6-12(9)16/h2-3,6,11H,4-5,7-8H2,1H3. The molecule has 88 valence electrons. The van der Waals surface area contributed by atoms with Gasteiger partial charge < -0.3 is 0 Å². The van der Waals surface area contributed by atoms with Crippen LogP contribution in [0.15, 0.2) is 22.7 Å². The zero-order chi connectivity index (χ0) is 11.8. The van der Waals surface area contributed by atoms with Gasteiger partial charge in [0.15, 0.2) is 0 Å². The second-order valence-corrected chi connectivity index (χ2v) is 7.27. The van der Waals surface area contributed by atoms with Crippen molar-refractivity contribution in [1.29, 1.82) is 0 Å². The monoisotopic (exact) mass is 348 g/mol. The fraction of sp³-hybridized carbons (Fsp3) is 0.538. The van der Waals surface area contributed by atoms with E-state index in [9.17, 15) is 4.39 Å². The molecule has 0 aliphatic heterocycles. The van der Waals surface area contributed by atoms with E-state index in [1.54, 1.807) is 6.07 Å². The Morgan fingerprint density at radius 3 is 2.81 bits per heavy atom. The fourth-order valence-electron chi connectivity index (χ4n) is 2.53. The van der Waals surface area contributed by atoms with Crippen molar-refractivity contribution in [1.82, 2.24) is 0 Å². The smallest absolute Gasteiger partial charge is 0.127 e. The number of hydrogen-bond donors (Lipinski definition) is 0. The molecule has 0 radical (unpaired) electrons. The average Bonchev–Trinajstić information content (AvgIpc) is 2.52. The molecule has 0 nitrogen and oxygen atoms in total. The predicted octanol–water partition coefficient (Wildman–Crippen LogP) is 5.08. The van der Waals surface area contributed by atoms with Crippen molar-refractivity contribution in [2.45, 2.75) is 37.4 Å². The predicted molar refractivity (Wildman–Crippen MR) is 72.5 cm³/mol. The van der Waals surface area contributed by atoms with Crippen LogP contribution in [-0.2, 0) is 6.42 Å². The molecule has 0 bridgehead atoms. The largest absolute Gasteiger partial charge is 0.207 e. The summed E-state index contributed by atoms with van der Waals surface area (Å²) in [7, 11) is 0. The SMILES string of the molecule is CC1(Cc2ccc(Br)cc2F)CCC(Br)C1. The molecule has 1 aromatic rings. The number of alkyl halides is 1. The van der Waals surface area contributed by atoms with E-state index in [0.29, 0.717) is 4.83 Å². The lowest BCUT2D eigenvalue weighted by Crippen LogP contribution is -2.16. The summed E-state index contributed by atoms with van der Waals surface area (Å²) in [5.41, 5.74) is 1.09. The second-order valence-electron chi connectivity index (χ2n) is 5.06. The molecule has 2 unspecified atom stereocenters. The molecule has 16 heavy (non-hydrogen) atoms. The highest BCUT2D eigenvalue weighted by atomic mass is 79.9. The first-order valence-corrected chi connectivity index (χ1v) is 7.27. The lowest BCUT2D eigenvalue weighted by Gasteiger charge is -2.24. The highest BCUT2D eigenvalue weighted by Crippen LogP contribution is 2.43. The highest BCUT2D eigenvalue weighted by Gasteiger charge is 2.34. The first kappa shape index (κ1) is 12.6. The van der Waals surface area contributed by atoms with Crippen molar-refractivity contribution >= 4 is 31.9 Å². The van der Waals surface area contributed by atoms with Gasteiger partial charge in [-0.15, -0.1) is 0 Å². The normalized spacial score (nSPS) is 29.6. The summed E-state index contributed by atoms with van der Waals surface area (Å²) in [5.74, 6) is -0.0892. The van der Waals surface area contributed by atoms with Gasteiger partial charge in [0.05, 0.1) is 0 Å². The van der Waals surface area contributed by atoms with Gasteiger partial charge in [-0.1, -0.05) is 44.8 Å². The number of halogens is 3. The summed E-state index contributed by atoms with van der Waals surface area (Å²) in [5, 5.41) is 0. The van der Waals surface area contributed by atoms with Gasteiger partial charge in [-0.3, -0.25) is 0 Å². The Morgan fingerprint density at radius 2 is 2.25 bits per heavy atom. The minimum atomic E-state index is -0.0892. The Balaban J connectivity index is 2.14. The molecule has 0 spiro atoms. The molecule has 2 atom stereocenters. The van der Waals surface area contributed by atoms with Crippen LogP contribution >= 0.6 is 31.9 Å². The van der Waals surface area contributed by atoms with E-state index in [4.69, 9.17) is 0 Å². The molecular weight excluding hydrogens is 335 g/mol. The quantitative estimate of drug-likeness (QED) is 0.653. The molecule has 0 saturated heterocycles. The molecule has 0 N–H and O–H groups in total. The second kappa shape index (κ2) is 4.77. The molecule has 1 saturated carbocycles. The third-order valence-electron chi connectivity index (χ3n) is 3.41. The topological polar surface area (TPSA) is 0 Å². The molecular formula is C13H15Br2F. The lowest BCUT2D eigenvalue weighted by molar-refractivity contribution is 0.330. The van der Waals surface area contributed by atoms with Crippen LogP contribution in [0.3, 0.4) is 0 Å². The van der Waals surface area contributed by atoms with Gasteiger partial charge in [-0.05, 0) is 48.8 Å². The van der Waals surface area contributed by atoms with Crippen LogP contribution in [0.25, 0.3) is 0 Å². The third-order valence-corrected chi connectivity index (χ3v) is 4.68. The molecule has 1 aliphatic rings. The molecule has 0 aromatic heterocycles. The first-order valence-electron chi connectivity index (χ1n) is 5.56. The van der Waals surface area contributed by atoms with Crippen LogP contribution in [0, 0.1) is 11.2 Å². The number of benzene rings is 1. The summed E-state index contributed by atoms with van der Waals surface area (Å²) in [6.07, 6.45) is 4.36. The zero-order valence-corrected chi connectivity index (χ0v) is 12.4. The number of rotatable bonds is 2. The van der Waals surface area contributed by atoms with Crippen molar-refractivity contribution in [2.75, 3.05) is 0 Å². The Labute approximate surface area is 113 Å².